The molecule has 1 amide bonds. The number of rotatable bonds is 4. The third-order valence-corrected chi connectivity index (χ3v) is 4.08. The maximum Gasteiger partial charge on any atom is 0.223 e. The minimum atomic E-state index is -0.205. The van der Waals surface area contributed by atoms with E-state index < -0.39 is 0 Å². The molecule has 116 valence electrons. The molecule has 2 heterocycles. The van der Waals surface area contributed by atoms with Crippen molar-refractivity contribution in [1.29, 1.82) is 0 Å². The van der Waals surface area contributed by atoms with Gasteiger partial charge in [0.05, 0.1) is 18.5 Å². The van der Waals surface area contributed by atoms with E-state index in [4.69, 9.17) is 4.42 Å². The summed E-state index contributed by atoms with van der Waals surface area (Å²) < 4.78 is 19.0. The Labute approximate surface area is 128 Å². The molecule has 1 N–H and O–H groups in total. The summed E-state index contributed by atoms with van der Waals surface area (Å²) in [7, 11) is 0. The molecule has 1 aliphatic heterocycles. The summed E-state index contributed by atoms with van der Waals surface area (Å²) in [5, 5.41) is 2.90. The van der Waals surface area contributed by atoms with E-state index in [1.165, 1.54) is 6.07 Å². The standard InChI is InChI=1S/C17H19FN2O2/c18-15-5-1-2-6-16(15)20-9-7-13(8-10-20)17(21)19-12-14-4-3-11-22-14/h1-6,11,13H,7-10,12H2,(H,19,21). The second-order valence-corrected chi connectivity index (χ2v) is 5.51. The Kier molecular flexibility index (Phi) is 4.42. The molecule has 0 saturated carbocycles. The molecule has 0 atom stereocenters. The van der Waals surface area contributed by atoms with E-state index in [1.54, 1.807) is 24.5 Å². The fraction of sp³-hybridized carbons (Fsp3) is 0.353. The minimum Gasteiger partial charge on any atom is -0.467 e. The van der Waals surface area contributed by atoms with E-state index in [1.807, 2.05) is 17.0 Å². The van der Waals surface area contributed by atoms with Crippen LogP contribution in [0.1, 0.15) is 18.6 Å². The van der Waals surface area contributed by atoms with Crippen molar-refractivity contribution in [3.8, 4) is 0 Å². The van der Waals surface area contributed by atoms with Gasteiger partial charge in [-0.3, -0.25) is 4.79 Å². The number of para-hydroxylation sites is 1. The molecule has 0 spiro atoms. The van der Waals surface area contributed by atoms with Crippen molar-refractivity contribution in [2.24, 2.45) is 5.92 Å². The van der Waals surface area contributed by atoms with E-state index in [0.29, 0.717) is 25.3 Å². The van der Waals surface area contributed by atoms with Crippen molar-refractivity contribution < 1.29 is 13.6 Å². The molecule has 1 saturated heterocycles. The van der Waals surface area contributed by atoms with Gasteiger partial charge in [0.2, 0.25) is 5.91 Å². The van der Waals surface area contributed by atoms with Gasteiger partial charge in [0, 0.05) is 19.0 Å². The zero-order valence-electron chi connectivity index (χ0n) is 12.3. The molecule has 4 nitrogen and oxygen atoms in total. The molecule has 1 aliphatic rings. The van der Waals surface area contributed by atoms with Gasteiger partial charge < -0.3 is 14.6 Å². The number of carbonyl (C=O) groups is 1. The molecular formula is C17H19FN2O2. The fourth-order valence-corrected chi connectivity index (χ4v) is 2.82. The Morgan fingerprint density at radius 3 is 2.68 bits per heavy atom. The Morgan fingerprint density at radius 1 is 1.23 bits per heavy atom. The number of nitrogens with one attached hydrogen (secondary N) is 1. The molecule has 1 aromatic heterocycles. The molecule has 0 aliphatic carbocycles. The maximum atomic E-state index is 13.8. The molecule has 5 heteroatoms. The second-order valence-electron chi connectivity index (χ2n) is 5.51. The van der Waals surface area contributed by atoms with Gasteiger partial charge in [-0.15, -0.1) is 0 Å². The van der Waals surface area contributed by atoms with Gasteiger partial charge in [0.25, 0.3) is 0 Å². The van der Waals surface area contributed by atoms with Crippen LogP contribution in [-0.4, -0.2) is 19.0 Å². The summed E-state index contributed by atoms with van der Waals surface area (Å²) in [6, 6.07) is 10.4. The van der Waals surface area contributed by atoms with Crippen LogP contribution in [0.15, 0.2) is 47.1 Å². The molecule has 0 radical (unpaired) electrons. The van der Waals surface area contributed by atoms with E-state index >= 15 is 0 Å². The van der Waals surface area contributed by atoms with Gasteiger partial charge in [-0.2, -0.15) is 0 Å². The SMILES string of the molecule is O=C(NCc1ccco1)C1CCN(c2ccccc2F)CC1. The molecule has 0 unspecified atom stereocenters. The van der Waals surface area contributed by atoms with Crippen molar-refractivity contribution in [3.05, 3.63) is 54.2 Å². The van der Waals surface area contributed by atoms with Crippen LogP contribution in [0.2, 0.25) is 0 Å². The number of carbonyl (C=O) groups excluding carboxylic acids is 1. The highest BCUT2D eigenvalue weighted by atomic mass is 19.1. The average Bonchev–Trinajstić information content (AvgIpc) is 3.07. The van der Waals surface area contributed by atoms with Crippen LogP contribution < -0.4 is 10.2 Å². The van der Waals surface area contributed by atoms with E-state index in [0.717, 1.165) is 18.6 Å². The maximum absolute atomic E-state index is 13.8. The van der Waals surface area contributed by atoms with Crippen LogP contribution in [0.25, 0.3) is 0 Å². The lowest BCUT2D eigenvalue weighted by atomic mass is 9.95. The quantitative estimate of drug-likeness (QED) is 0.944. The Hall–Kier alpha value is -2.30. The van der Waals surface area contributed by atoms with Crippen LogP contribution in [0, 0.1) is 11.7 Å². The lowest BCUT2D eigenvalue weighted by molar-refractivity contribution is -0.125. The van der Waals surface area contributed by atoms with Crippen molar-refractivity contribution in [2.45, 2.75) is 19.4 Å². The van der Waals surface area contributed by atoms with Crippen LogP contribution in [0.5, 0.6) is 0 Å². The fourth-order valence-electron chi connectivity index (χ4n) is 2.82. The number of hydrogen-bond acceptors (Lipinski definition) is 3. The van der Waals surface area contributed by atoms with Crippen LogP contribution in [0.3, 0.4) is 0 Å². The predicted octanol–water partition coefficient (Wildman–Crippen LogP) is 2.95. The molecular weight excluding hydrogens is 283 g/mol. The number of piperidine rings is 1. The molecule has 22 heavy (non-hydrogen) atoms. The van der Waals surface area contributed by atoms with Crippen LogP contribution in [0.4, 0.5) is 10.1 Å². The summed E-state index contributed by atoms with van der Waals surface area (Å²) >= 11 is 0. The molecule has 0 bridgehead atoms. The third-order valence-electron chi connectivity index (χ3n) is 4.08. The van der Waals surface area contributed by atoms with E-state index in [-0.39, 0.29) is 17.6 Å². The molecule has 1 aromatic carbocycles. The zero-order valence-corrected chi connectivity index (χ0v) is 12.3. The monoisotopic (exact) mass is 302 g/mol. The van der Waals surface area contributed by atoms with Gasteiger partial charge in [-0.05, 0) is 37.1 Å². The molecule has 3 rings (SSSR count). The van der Waals surface area contributed by atoms with Gasteiger partial charge >= 0.3 is 0 Å². The first-order valence-corrected chi connectivity index (χ1v) is 7.53. The summed E-state index contributed by atoms with van der Waals surface area (Å²) in [6.45, 7) is 1.80. The highest BCUT2D eigenvalue weighted by Crippen LogP contribution is 2.25. The van der Waals surface area contributed by atoms with E-state index in [2.05, 4.69) is 5.32 Å². The predicted molar refractivity (Wildman–Crippen MR) is 81.9 cm³/mol. The number of hydrogen-bond donors (Lipinski definition) is 1. The Balaban J connectivity index is 1.51. The van der Waals surface area contributed by atoms with E-state index in [9.17, 15) is 9.18 Å². The number of benzene rings is 1. The highest BCUT2D eigenvalue weighted by molar-refractivity contribution is 5.78. The number of nitrogens with zero attached hydrogens (tertiary/aromatic N) is 1. The first kappa shape index (κ1) is 14.6. The van der Waals surface area contributed by atoms with Crippen molar-refractivity contribution in [3.63, 3.8) is 0 Å². The smallest absolute Gasteiger partial charge is 0.223 e. The van der Waals surface area contributed by atoms with Gasteiger partial charge in [-0.1, -0.05) is 12.1 Å². The third kappa shape index (κ3) is 3.30. The van der Waals surface area contributed by atoms with Gasteiger partial charge in [0.15, 0.2) is 0 Å². The Bertz CT molecular complexity index is 619. The number of anilines is 1. The lowest BCUT2D eigenvalue weighted by Gasteiger charge is -2.33. The van der Waals surface area contributed by atoms with Crippen molar-refractivity contribution in [2.75, 3.05) is 18.0 Å². The van der Waals surface area contributed by atoms with Crippen LogP contribution >= 0.6 is 0 Å². The lowest BCUT2D eigenvalue weighted by Crippen LogP contribution is -2.40. The zero-order chi connectivity index (χ0) is 15.4. The first-order chi connectivity index (χ1) is 10.7. The number of furan rings is 1. The molecule has 1 fully saturated rings. The number of amides is 1. The van der Waals surface area contributed by atoms with Crippen LogP contribution in [-0.2, 0) is 11.3 Å². The highest BCUT2D eigenvalue weighted by Gasteiger charge is 2.26. The normalized spacial score (nSPS) is 15.8. The van der Waals surface area contributed by atoms with Crippen molar-refractivity contribution >= 4 is 11.6 Å². The summed E-state index contributed by atoms with van der Waals surface area (Å²) in [4.78, 5) is 14.2. The van der Waals surface area contributed by atoms with Crippen molar-refractivity contribution in [1.82, 2.24) is 5.32 Å². The summed E-state index contributed by atoms with van der Waals surface area (Å²) in [5.74, 6) is 0.572. The number of halogens is 1. The average molecular weight is 302 g/mol. The minimum absolute atomic E-state index is 0.0158. The molecule has 2 aromatic rings. The summed E-state index contributed by atoms with van der Waals surface area (Å²) in [6.07, 6.45) is 3.06. The largest absolute Gasteiger partial charge is 0.467 e. The van der Waals surface area contributed by atoms with Gasteiger partial charge in [-0.25, -0.2) is 4.39 Å². The second kappa shape index (κ2) is 6.64. The first-order valence-electron chi connectivity index (χ1n) is 7.53. The summed E-state index contributed by atoms with van der Waals surface area (Å²) in [5.41, 5.74) is 0.622. The Morgan fingerprint density at radius 2 is 2.00 bits per heavy atom. The van der Waals surface area contributed by atoms with Gasteiger partial charge in [0.1, 0.15) is 11.6 Å². The topological polar surface area (TPSA) is 45.5 Å².